The van der Waals surface area contributed by atoms with Gasteiger partial charge in [-0.1, -0.05) is 11.6 Å². The Morgan fingerprint density at radius 1 is 1.56 bits per heavy atom. The van der Waals surface area contributed by atoms with Crippen molar-refractivity contribution in [2.75, 3.05) is 18.4 Å². The number of hydrogen-bond acceptors (Lipinski definition) is 2. The van der Waals surface area contributed by atoms with Gasteiger partial charge in [-0.15, -0.1) is 0 Å². The third-order valence-electron chi connectivity index (χ3n) is 3.14. The summed E-state index contributed by atoms with van der Waals surface area (Å²) in [6.45, 7) is 2.12. The zero-order chi connectivity index (χ0) is 13.0. The molecule has 1 amide bonds. The van der Waals surface area contributed by atoms with Crippen LogP contribution in [0.1, 0.15) is 19.3 Å². The van der Waals surface area contributed by atoms with E-state index in [2.05, 4.69) is 33.2 Å². The quantitative estimate of drug-likeness (QED) is 0.790. The molecule has 18 heavy (non-hydrogen) atoms. The lowest BCUT2D eigenvalue weighted by Crippen LogP contribution is -2.15. The van der Waals surface area contributed by atoms with E-state index in [1.165, 1.54) is 6.42 Å². The van der Waals surface area contributed by atoms with Crippen LogP contribution in [0.5, 0.6) is 0 Å². The molecule has 1 aliphatic heterocycles. The maximum absolute atomic E-state index is 11.8. The maximum Gasteiger partial charge on any atom is 0.224 e. The van der Waals surface area contributed by atoms with Crippen LogP contribution < -0.4 is 10.6 Å². The van der Waals surface area contributed by atoms with Gasteiger partial charge >= 0.3 is 0 Å². The zero-order valence-corrected chi connectivity index (χ0v) is 12.9. The highest BCUT2D eigenvalue weighted by Gasteiger charge is 2.16. The first-order valence-electron chi connectivity index (χ1n) is 6.11. The largest absolute Gasteiger partial charge is 0.325 e. The first-order valence-corrected chi connectivity index (χ1v) is 7.56. The van der Waals surface area contributed by atoms with E-state index < -0.39 is 0 Å². The number of rotatable bonds is 4. The van der Waals surface area contributed by atoms with Crippen LogP contribution in [0.25, 0.3) is 0 Å². The lowest BCUT2D eigenvalue weighted by Gasteiger charge is -2.10. The van der Waals surface area contributed by atoms with Crippen molar-refractivity contribution in [2.24, 2.45) is 5.92 Å². The lowest BCUT2D eigenvalue weighted by molar-refractivity contribution is -0.116. The summed E-state index contributed by atoms with van der Waals surface area (Å²) in [7, 11) is 0. The van der Waals surface area contributed by atoms with Crippen molar-refractivity contribution >= 4 is 45.8 Å². The molecule has 2 N–H and O–H groups in total. The molecule has 1 aliphatic rings. The van der Waals surface area contributed by atoms with Crippen molar-refractivity contribution in [1.82, 2.24) is 5.32 Å². The maximum atomic E-state index is 11.8. The molecule has 1 aromatic carbocycles. The number of anilines is 1. The Labute approximate surface area is 126 Å². The van der Waals surface area contributed by atoms with Crippen LogP contribution in [0.2, 0.25) is 5.02 Å². The fourth-order valence-corrected chi connectivity index (χ4v) is 2.76. The highest BCUT2D eigenvalue weighted by atomic mass is 127. The van der Waals surface area contributed by atoms with Crippen LogP contribution in [0, 0.1) is 9.49 Å². The fraction of sp³-hybridized carbons (Fsp3) is 0.462. The Hall–Kier alpha value is -0.330. The number of carbonyl (C=O) groups is 1. The SMILES string of the molecule is O=C(CCC1CCNC1)Nc1cc(I)ccc1Cl. The molecular formula is C13H16ClIN2O. The fourth-order valence-electron chi connectivity index (χ4n) is 2.10. The molecule has 1 fully saturated rings. The molecule has 0 aromatic heterocycles. The van der Waals surface area contributed by atoms with Crippen molar-refractivity contribution in [3.8, 4) is 0 Å². The summed E-state index contributed by atoms with van der Waals surface area (Å²) in [4.78, 5) is 11.8. The normalized spacial score (nSPS) is 18.9. The van der Waals surface area contributed by atoms with E-state index >= 15 is 0 Å². The molecule has 1 unspecified atom stereocenters. The third-order valence-corrected chi connectivity index (χ3v) is 4.15. The second kappa shape index (κ2) is 6.73. The van der Waals surface area contributed by atoms with Crippen LogP contribution in [0.4, 0.5) is 5.69 Å². The number of amides is 1. The summed E-state index contributed by atoms with van der Waals surface area (Å²) in [5.41, 5.74) is 0.707. The minimum Gasteiger partial charge on any atom is -0.325 e. The van der Waals surface area contributed by atoms with Crippen LogP contribution in [-0.4, -0.2) is 19.0 Å². The summed E-state index contributed by atoms with van der Waals surface area (Å²) in [5.74, 6) is 0.688. The van der Waals surface area contributed by atoms with E-state index in [9.17, 15) is 4.79 Å². The van der Waals surface area contributed by atoms with Gasteiger partial charge in [0.2, 0.25) is 5.91 Å². The summed E-state index contributed by atoms with van der Waals surface area (Å²) in [5, 5.41) is 6.78. The van der Waals surface area contributed by atoms with Crippen LogP contribution in [0.15, 0.2) is 18.2 Å². The Balaban J connectivity index is 1.84. The molecule has 3 nitrogen and oxygen atoms in total. The van der Waals surface area contributed by atoms with Gasteiger partial charge in [-0.3, -0.25) is 4.79 Å². The Morgan fingerprint density at radius 3 is 3.11 bits per heavy atom. The van der Waals surface area contributed by atoms with Gasteiger partial charge in [-0.25, -0.2) is 0 Å². The van der Waals surface area contributed by atoms with Crippen LogP contribution in [-0.2, 0) is 4.79 Å². The predicted molar refractivity (Wildman–Crippen MR) is 83.0 cm³/mol. The summed E-state index contributed by atoms with van der Waals surface area (Å²) >= 11 is 8.24. The van der Waals surface area contributed by atoms with E-state index in [-0.39, 0.29) is 5.91 Å². The average Bonchev–Trinajstić information content (AvgIpc) is 2.84. The molecule has 1 aromatic rings. The lowest BCUT2D eigenvalue weighted by atomic mass is 10.0. The highest BCUT2D eigenvalue weighted by molar-refractivity contribution is 14.1. The van der Waals surface area contributed by atoms with Gasteiger partial charge in [-0.05, 0) is 72.6 Å². The second-order valence-electron chi connectivity index (χ2n) is 4.57. The molecular weight excluding hydrogens is 363 g/mol. The number of hydrogen-bond donors (Lipinski definition) is 2. The van der Waals surface area contributed by atoms with Gasteiger partial charge in [0.15, 0.2) is 0 Å². The molecule has 98 valence electrons. The van der Waals surface area contributed by atoms with Crippen molar-refractivity contribution in [1.29, 1.82) is 0 Å². The average molecular weight is 379 g/mol. The Kier molecular flexibility index (Phi) is 5.26. The molecule has 0 radical (unpaired) electrons. The summed E-state index contributed by atoms with van der Waals surface area (Å²) in [6.07, 6.45) is 2.69. The van der Waals surface area contributed by atoms with E-state index in [0.717, 1.165) is 23.1 Å². The van der Waals surface area contributed by atoms with Gasteiger partial charge in [0, 0.05) is 9.99 Å². The van der Waals surface area contributed by atoms with Crippen molar-refractivity contribution in [2.45, 2.75) is 19.3 Å². The molecule has 1 heterocycles. The summed E-state index contributed by atoms with van der Waals surface area (Å²) < 4.78 is 1.06. The third kappa shape index (κ3) is 4.10. The Morgan fingerprint density at radius 2 is 2.39 bits per heavy atom. The first-order chi connectivity index (χ1) is 8.65. The van der Waals surface area contributed by atoms with E-state index in [4.69, 9.17) is 11.6 Å². The van der Waals surface area contributed by atoms with E-state index in [1.54, 1.807) is 6.07 Å². The van der Waals surface area contributed by atoms with Gasteiger partial charge in [0.1, 0.15) is 0 Å². The van der Waals surface area contributed by atoms with E-state index in [0.29, 0.717) is 23.0 Å². The highest BCUT2D eigenvalue weighted by Crippen LogP contribution is 2.24. The number of nitrogens with one attached hydrogen (secondary N) is 2. The number of benzene rings is 1. The zero-order valence-electron chi connectivity index (χ0n) is 10.0. The van der Waals surface area contributed by atoms with Crippen molar-refractivity contribution in [3.05, 3.63) is 26.8 Å². The molecule has 2 rings (SSSR count). The van der Waals surface area contributed by atoms with Crippen molar-refractivity contribution in [3.63, 3.8) is 0 Å². The second-order valence-corrected chi connectivity index (χ2v) is 6.22. The van der Waals surface area contributed by atoms with Crippen molar-refractivity contribution < 1.29 is 4.79 Å². The molecule has 0 saturated carbocycles. The van der Waals surface area contributed by atoms with Gasteiger partial charge in [0.25, 0.3) is 0 Å². The van der Waals surface area contributed by atoms with Crippen LogP contribution in [0.3, 0.4) is 0 Å². The topological polar surface area (TPSA) is 41.1 Å². The predicted octanol–water partition coefficient (Wildman–Crippen LogP) is 3.27. The first kappa shape index (κ1) is 14.1. The Bertz CT molecular complexity index is 433. The minimum absolute atomic E-state index is 0.0470. The molecule has 5 heteroatoms. The molecule has 0 spiro atoms. The molecule has 1 saturated heterocycles. The molecule has 1 atom stereocenters. The number of halogens is 2. The van der Waals surface area contributed by atoms with E-state index in [1.807, 2.05) is 12.1 Å². The van der Waals surface area contributed by atoms with Gasteiger partial charge in [0.05, 0.1) is 10.7 Å². The number of carbonyl (C=O) groups excluding carboxylic acids is 1. The summed E-state index contributed by atoms with van der Waals surface area (Å²) in [6, 6.07) is 5.61. The smallest absolute Gasteiger partial charge is 0.224 e. The molecule has 0 aliphatic carbocycles. The monoisotopic (exact) mass is 378 g/mol. The minimum atomic E-state index is 0.0470. The van der Waals surface area contributed by atoms with Gasteiger partial charge in [-0.2, -0.15) is 0 Å². The van der Waals surface area contributed by atoms with Crippen LogP contribution >= 0.6 is 34.2 Å². The van der Waals surface area contributed by atoms with Gasteiger partial charge < -0.3 is 10.6 Å². The standard InChI is InChI=1S/C13H16ClIN2O/c14-11-3-2-10(15)7-12(11)17-13(18)4-1-9-5-6-16-8-9/h2-3,7,9,16H,1,4-6,8H2,(H,17,18). The molecule has 0 bridgehead atoms.